The van der Waals surface area contributed by atoms with E-state index in [0.717, 1.165) is 28.5 Å². The first-order chi connectivity index (χ1) is 12.9. The van der Waals surface area contributed by atoms with E-state index in [2.05, 4.69) is 29.1 Å². The number of carbonyl (C=O) groups excluding carboxylic acids is 1. The lowest BCUT2D eigenvalue weighted by atomic mass is 10.1. The molecule has 7 nitrogen and oxygen atoms in total. The van der Waals surface area contributed by atoms with E-state index in [9.17, 15) is 4.79 Å². The lowest BCUT2D eigenvalue weighted by molar-refractivity contribution is -0.129. The summed E-state index contributed by atoms with van der Waals surface area (Å²) in [5, 5.41) is 12.7. The Bertz CT molecular complexity index is 925. The van der Waals surface area contributed by atoms with E-state index >= 15 is 0 Å². The van der Waals surface area contributed by atoms with Crippen molar-refractivity contribution in [2.75, 3.05) is 7.05 Å². The fourth-order valence-electron chi connectivity index (χ4n) is 3.15. The second-order valence-corrected chi connectivity index (χ2v) is 7.07. The Labute approximate surface area is 159 Å². The summed E-state index contributed by atoms with van der Waals surface area (Å²) in [5.41, 5.74) is 3.84. The van der Waals surface area contributed by atoms with E-state index in [-0.39, 0.29) is 11.9 Å². The Morgan fingerprint density at radius 1 is 1.19 bits per heavy atom. The fraction of sp³-hybridized carbons (Fsp3) is 0.400. The van der Waals surface area contributed by atoms with Gasteiger partial charge in [0.2, 0.25) is 5.91 Å². The van der Waals surface area contributed by atoms with Crippen molar-refractivity contribution in [3.63, 3.8) is 0 Å². The summed E-state index contributed by atoms with van der Waals surface area (Å²) in [4.78, 5) is 14.5. The van der Waals surface area contributed by atoms with Gasteiger partial charge >= 0.3 is 0 Å². The first kappa shape index (κ1) is 18.8. The molecule has 0 unspecified atom stereocenters. The van der Waals surface area contributed by atoms with Crippen LogP contribution in [0.15, 0.2) is 36.7 Å². The van der Waals surface area contributed by atoms with Crippen LogP contribution in [0.25, 0.3) is 5.69 Å². The van der Waals surface area contributed by atoms with Gasteiger partial charge in [0.1, 0.15) is 6.33 Å². The average molecular weight is 366 g/mol. The van der Waals surface area contributed by atoms with Gasteiger partial charge in [-0.2, -0.15) is 5.10 Å². The number of likely N-dealkylation sites (N-methyl/N-ethyl adjacent to an activating group) is 1. The summed E-state index contributed by atoms with van der Waals surface area (Å²) in [5.74, 6) is 0.821. The zero-order chi connectivity index (χ0) is 19.6. The number of nitrogens with zero attached hydrogens (tertiary/aromatic N) is 6. The van der Waals surface area contributed by atoms with Crippen molar-refractivity contribution in [3.05, 3.63) is 59.4 Å². The highest BCUT2D eigenvalue weighted by molar-refractivity contribution is 5.79. The van der Waals surface area contributed by atoms with Gasteiger partial charge in [-0.1, -0.05) is 18.2 Å². The van der Waals surface area contributed by atoms with E-state index in [4.69, 9.17) is 0 Å². The molecule has 27 heavy (non-hydrogen) atoms. The van der Waals surface area contributed by atoms with Crippen LogP contribution in [0.3, 0.4) is 0 Å². The Morgan fingerprint density at radius 2 is 1.89 bits per heavy atom. The highest BCUT2D eigenvalue weighted by Gasteiger charge is 2.19. The van der Waals surface area contributed by atoms with Crippen molar-refractivity contribution < 1.29 is 4.79 Å². The van der Waals surface area contributed by atoms with E-state index in [1.54, 1.807) is 18.3 Å². The molecule has 0 aliphatic carbocycles. The number of benzene rings is 1. The van der Waals surface area contributed by atoms with E-state index in [0.29, 0.717) is 13.0 Å². The van der Waals surface area contributed by atoms with Crippen molar-refractivity contribution in [2.24, 2.45) is 0 Å². The molecule has 2 aromatic heterocycles. The van der Waals surface area contributed by atoms with Gasteiger partial charge in [0.15, 0.2) is 5.82 Å². The van der Waals surface area contributed by atoms with Crippen LogP contribution in [0.4, 0.5) is 0 Å². The Morgan fingerprint density at radius 3 is 2.56 bits per heavy atom. The molecule has 7 heteroatoms. The molecule has 142 valence electrons. The van der Waals surface area contributed by atoms with E-state index in [1.165, 1.54) is 0 Å². The van der Waals surface area contributed by atoms with Crippen LogP contribution >= 0.6 is 0 Å². The predicted molar refractivity (Wildman–Crippen MR) is 104 cm³/mol. The summed E-state index contributed by atoms with van der Waals surface area (Å²) in [6.07, 6.45) is 2.02. The second kappa shape index (κ2) is 7.73. The first-order valence-corrected chi connectivity index (χ1v) is 9.11. The molecule has 0 N–H and O–H groups in total. The summed E-state index contributed by atoms with van der Waals surface area (Å²) in [6.45, 7) is 8.52. The minimum Gasteiger partial charge on any atom is -0.338 e. The number of hydrogen-bond acceptors (Lipinski definition) is 4. The summed E-state index contributed by atoms with van der Waals surface area (Å²) in [6, 6.07) is 10.2. The third-order valence-electron chi connectivity index (χ3n) is 4.78. The third-order valence-corrected chi connectivity index (χ3v) is 4.78. The highest BCUT2D eigenvalue weighted by Crippen LogP contribution is 2.19. The standard InChI is InChI=1S/C20H26N6O/c1-14(2)25-13-21-22-19(25)12-24(5)20(27)11-18-15(3)23-26(16(18)4)17-9-7-6-8-10-17/h6-10,13-14H,11-12H2,1-5H3. The average Bonchev–Trinajstić information content (AvgIpc) is 3.22. The van der Waals surface area contributed by atoms with Gasteiger partial charge in [0.25, 0.3) is 0 Å². The SMILES string of the molecule is Cc1nn(-c2ccccc2)c(C)c1CC(=O)N(C)Cc1nncn1C(C)C. The summed E-state index contributed by atoms with van der Waals surface area (Å²) >= 11 is 0. The quantitative estimate of drug-likeness (QED) is 0.673. The molecule has 0 saturated carbocycles. The largest absolute Gasteiger partial charge is 0.338 e. The number of para-hydroxylation sites is 1. The minimum atomic E-state index is 0.0344. The topological polar surface area (TPSA) is 68.8 Å². The molecular weight excluding hydrogens is 340 g/mol. The van der Waals surface area contributed by atoms with Gasteiger partial charge in [-0.25, -0.2) is 4.68 Å². The third kappa shape index (κ3) is 3.92. The lowest BCUT2D eigenvalue weighted by Gasteiger charge is -2.18. The predicted octanol–water partition coefficient (Wildman–Crippen LogP) is 2.86. The smallest absolute Gasteiger partial charge is 0.227 e. The van der Waals surface area contributed by atoms with Gasteiger partial charge in [-0.15, -0.1) is 10.2 Å². The van der Waals surface area contributed by atoms with Crippen LogP contribution in [0.5, 0.6) is 0 Å². The van der Waals surface area contributed by atoms with Crippen LogP contribution in [0.2, 0.25) is 0 Å². The number of amides is 1. The molecule has 0 aliphatic heterocycles. The van der Waals surface area contributed by atoms with Crippen molar-refractivity contribution in [1.82, 2.24) is 29.4 Å². The molecule has 0 bridgehead atoms. The number of rotatable bonds is 6. The fourth-order valence-corrected chi connectivity index (χ4v) is 3.15. The van der Waals surface area contributed by atoms with Gasteiger partial charge < -0.3 is 9.47 Å². The monoisotopic (exact) mass is 366 g/mol. The highest BCUT2D eigenvalue weighted by atomic mass is 16.2. The molecule has 2 heterocycles. The number of aryl methyl sites for hydroxylation is 1. The maximum absolute atomic E-state index is 12.8. The molecule has 0 radical (unpaired) electrons. The van der Waals surface area contributed by atoms with Gasteiger partial charge in [0.05, 0.1) is 24.3 Å². The Balaban J connectivity index is 1.76. The maximum atomic E-state index is 12.8. The molecule has 0 fully saturated rings. The van der Waals surface area contributed by atoms with Gasteiger partial charge in [-0.05, 0) is 39.8 Å². The van der Waals surface area contributed by atoms with Crippen LogP contribution in [-0.4, -0.2) is 42.4 Å². The number of hydrogen-bond donors (Lipinski definition) is 0. The van der Waals surface area contributed by atoms with Gasteiger partial charge in [-0.3, -0.25) is 4.79 Å². The Hall–Kier alpha value is -2.96. The van der Waals surface area contributed by atoms with Crippen LogP contribution < -0.4 is 0 Å². The molecule has 0 spiro atoms. The van der Waals surface area contributed by atoms with Crippen molar-refractivity contribution in [2.45, 2.75) is 46.7 Å². The van der Waals surface area contributed by atoms with E-state index in [1.807, 2.05) is 53.4 Å². The zero-order valence-corrected chi connectivity index (χ0v) is 16.5. The van der Waals surface area contributed by atoms with Crippen molar-refractivity contribution in [3.8, 4) is 5.69 Å². The maximum Gasteiger partial charge on any atom is 0.227 e. The summed E-state index contributed by atoms with van der Waals surface area (Å²) in [7, 11) is 1.80. The zero-order valence-electron chi connectivity index (χ0n) is 16.5. The van der Waals surface area contributed by atoms with E-state index < -0.39 is 0 Å². The molecule has 0 aliphatic rings. The van der Waals surface area contributed by atoms with Crippen molar-refractivity contribution >= 4 is 5.91 Å². The normalized spacial score (nSPS) is 11.2. The number of aromatic nitrogens is 5. The Kier molecular flexibility index (Phi) is 5.39. The summed E-state index contributed by atoms with van der Waals surface area (Å²) < 4.78 is 3.88. The molecular formula is C20H26N6O. The molecule has 0 atom stereocenters. The minimum absolute atomic E-state index is 0.0344. The molecule has 1 amide bonds. The molecule has 3 rings (SSSR count). The van der Waals surface area contributed by atoms with Crippen LogP contribution in [0.1, 0.15) is 42.7 Å². The molecule has 3 aromatic rings. The van der Waals surface area contributed by atoms with Crippen molar-refractivity contribution in [1.29, 1.82) is 0 Å². The molecule has 0 saturated heterocycles. The van der Waals surface area contributed by atoms with Crippen LogP contribution in [-0.2, 0) is 17.8 Å². The lowest BCUT2D eigenvalue weighted by Crippen LogP contribution is -2.29. The molecule has 1 aromatic carbocycles. The van der Waals surface area contributed by atoms with Gasteiger partial charge in [0, 0.05) is 24.3 Å². The number of carbonyl (C=O) groups is 1. The first-order valence-electron chi connectivity index (χ1n) is 9.11. The second-order valence-electron chi connectivity index (χ2n) is 7.07. The van der Waals surface area contributed by atoms with Crippen LogP contribution in [0, 0.1) is 13.8 Å².